The van der Waals surface area contributed by atoms with Crippen LogP contribution in [0.15, 0.2) is 56.3 Å². The molecule has 1 aromatic carbocycles. The van der Waals surface area contributed by atoms with Gasteiger partial charge in [-0.05, 0) is 23.6 Å². The van der Waals surface area contributed by atoms with Crippen molar-refractivity contribution in [2.45, 2.75) is 17.5 Å². The molecule has 0 N–H and O–H groups in total. The van der Waals surface area contributed by atoms with Gasteiger partial charge in [0.25, 0.3) is 5.56 Å². The first-order valence-corrected chi connectivity index (χ1v) is 10.1. The van der Waals surface area contributed by atoms with E-state index in [2.05, 4.69) is 15.1 Å². The molecule has 0 bridgehead atoms. The number of ether oxygens (including phenoxy) is 1. The molecule has 0 spiro atoms. The molecular formula is C18H14N4O4S2. The Balaban J connectivity index is 1.64. The van der Waals surface area contributed by atoms with E-state index in [-0.39, 0.29) is 12.1 Å². The number of benzene rings is 1. The van der Waals surface area contributed by atoms with Gasteiger partial charge in [0.2, 0.25) is 11.7 Å². The summed E-state index contributed by atoms with van der Waals surface area (Å²) in [5, 5.41) is 6.72. The molecule has 3 aromatic heterocycles. The second-order valence-electron chi connectivity index (χ2n) is 5.66. The molecule has 3 heterocycles. The zero-order valence-electron chi connectivity index (χ0n) is 14.7. The monoisotopic (exact) mass is 414 g/mol. The highest BCUT2D eigenvalue weighted by Crippen LogP contribution is 2.25. The van der Waals surface area contributed by atoms with E-state index in [1.165, 1.54) is 34.8 Å². The van der Waals surface area contributed by atoms with Gasteiger partial charge in [0.15, 0.2) is 5.16 Å². The second-order valence-corrected chi connectivity index (χ2v) is 7.55. The molecule has 0 saturated heterocycles. The Morgan fingerprint density at radius 3 is 2.89 bits per heavy atom. The Labute approximate surface area is 167 Å². The number of thioether (sulfide) groups is 1. The smallest absolute Gasteiger partial charge is 0.325 e. The fourth-order valence-corrected chi connectivity index (χ4v) is 4.02. The summed E-state index contributed by atoms with van der Waals surface area (Å²) < 4.78 is 11.3. The van der Waals surface area contributed by atoms with Crippen LogP contribution >= 0.6 is 23.1 Å². The van der Waals surface area contributed by atoms with E-state index in [1.54, 1.807) is 24.3 Å². The van der Waals surface area contributed by atoms with Gasteiger partial charge in [-0.15, -0.1) is 11.3 Å². The summed E-state index contributed by atoms with van der Waals surface area (Å²) in [6, 6.07) is 10.8. The summed E-state index contributed by atoms with van der Waals surface area (Å²) in [5.41, 5.74) is 0.254. The highest BCUT2D eigenvalue weighted by Gasteiger charge is 2.16. The average Bonchev–Trinajstić information content (AvgIpc) is 3.40. The van der Waals surface area contributed by atoms with E-state index >= 15 is 0 Å². The standard InChI is InChI=1S/C18H14N4O4S2/c1-25-15(23)9-22-17(24)11-5-2-3-6-12(11)19-18(22)28-10-14-20-16(21-26-14)13-7-4-8-27-13/h2-8H,9-10H2,1H3. The molecule has 0 fully saturated rings. The van der Waals surface area contributed by atoms with Gasteiger partial charge in [-0.2, -0.15) is 4.98 Å². The SMILES string of the molecule is COC(=O)Cn1c(SCc2nc(-c3cccs3)no2)nc2ccccc2c1=O. The van der Waals surface area contributed by atoms with Crippen LogP contribution in [-0.4, -0.2) is 32.8 Å². The lowest BCUT2D eigenvalue weighted by atomic mass is 10.2. The Morgan fingerprint density at radius 1 is 1.25 bits per heavy atom. The largest absolute Gasteiger partial charge is 0.468 e. The van der Waals surface area contributed by atoms with Crippen LogP contribution in [0.5, 0.6) is 0 Å². The molecule has 0 radical (unpaired) electrons. The third kappa shape index (κ3) is 3.69. The number of esters is 1. The van der Waals surface area contributed by atoms with Crippen molar-refractivity contribution in [3.8, 4) is 10.7 Å². The Kier molecular flexibility index (Phi) is 5.22. The molecular weight excluding hydrogens is 400 g/mol. The molecule has 0 unspecified atom stereocenters. The van der Waals surface area contributed by atoms with Crippen LogP contribution in [0.2, 0.25) is 0 Å². The van der Waals surface area contributed by atoms with E-state index in [4.69, 9.17) is 9.26 Å². The van der Waals surface area contributed by atoms with E-state index in [0.29, 0.717) is 33.5 Å². The van der Waals surface area contributed by atoms with Crippen molar-refractivity contribution in [3.05, 3.63) is 58.0 Å². The first kappa shape index (κ1) is 18.4. The van der Waals surface area contributed by atoms with Gasteiger partial charge in [-0.3, -0.25) is 14.2 Å². The van der Waals surface area contributed by atoms with E-state index < -0.39 is 5.97 Å². The first-order chi connectivity index (χ1) is 13.7. The number of hydrogen-bond acceptors (Lipinski definition) is 9. The topological polar surface area (TPSA) is 100 Å². The number of nitrogens with zero attached hydrogens (tertiary/aromatic N) is 4. The summed E-state index contributed by atoms with van der Waals surface area (Å²) in [4.78, 5) is 34.4. The fourth-order valence-electron chi connectivity index (χ4n) is 2.54. The van der Waals surface area contributed by atoms with Crippen LogP contribution in [-0.2, 0) is 21.8 Å². The third-order valence-corrected chi connectivity index (χ3v) is 5.70. The Hall–Kier alpha value is -2.98. The van der Waals surface area contributed by atoms with Crippen molar-refractivity contribution < 1.29 is 14.1 Å². The van der Waals surface area contributed by atoms with Gasteiger partial charge in [0.1, 0.15) is 6.54 Å². The van der Waals surface area contributed by atoms with Crippen LogP contribution < -0.4 is 5.56 Å². The van der Waals surface area contributed by atoms with Gasteiger partial charge >= 0.3 is 5.97 Å². The van der Waals surface area contributed by atoms with Gasteiger partial charge in [0, 0.05) is 0 Å². The van der Waals surface area contributed by atoms with Crippen molar-refractivity contribution >= 4 is 40.0 Å². The number of fused-ring (bicyclic) bond motifs is 1. The van der Waals surface area contributed by atoms with Crippen LogP contribution in [0.25, 0.3) is 21.6 Å². The second kappa shape index (κ2) is 7.95. The lowest BCUT2D eigenvalue weighted by Crippen LogP contribution is -2.27. The minimum Gasteiger partial charge on any atom is -0.468 e. The lowest BCUT2D eigenvalue weighted by molar-refractivity contribution is -0.141. The molecule has 4 rings (SSSR count). The van der Waals surface area contributed by atoms with Gasteiger partial charge in [-0.25, -0.2) is 4.98 Å². The molecule has 28 heavy (non-hydrogen) atoms. The molecule has 4 aromatic rings. The number of aromatic nitrogens is 4. The van der Waals surface area contributed by atoms with Crippen molar-refractivity contribution in [1.29, 1.82) is 0 Å². The zero-order chi connectivity index (χ0) is 19.5. The van der Waals surface area contributed by atoms with E-state index in [1.807, 2.05) is 17.5 Å². The normalized spacial score (nSPS) is 11.0. The Morgan fingerprint density at radius 2 is 2.11 bits per heavy atom. The number of hydrogen-bond donors (Lipinski definition) is 0. The predicted molar refractivity (Wildman–Crippen MR) is 105 cm³/mol. The van der Waals surface area contributed by atoms with E-state index in [9.17, 15) is 9.59 Å². The number of rotatable bonds is 6. The molecule has 0 atom stereocenters. The summed E-state index contributed by atoms with van der Waals surface area (Å²) in [5.74, 6) is 0.702. The summed E-state index contributed by atoms with van der Waals surface area (Å²) >= 11 is 2.76. The highest BCUT2D eigenvalue weighted by molar-refractivity contribution is 7.98. The number of methoxy groups -OCH3 is 1. The molecule has 0 aliphatic heterocycles. The number of para-hydroxylation sites is 1. The minimum absolute atomic E-state index is 0.222. The average molecular weight is 414 g/mol. The number of carbonyl (C=O) groups is 1. The molecule has 0 aliphatic rings. The number of carbonyl (C=O) groups excluding carboxylic acids is 1. The maximum absolute atomic E-state index is 12.8. The highest BCUT2D eigenvalue weighted by atomic mass is 32.2. The van der Waals surface area contributed by atoms with Crippen LogP contribution in [0.1, 0.15) is 5.89 Å². The van der Waals surface area contributed by atoms with E-state index in [0.717, 1.165) is 4.88 Å². The van der Waals surface area contributed by atoms with Crippen molar-refractivity contribution in [3.63, 3.8) is 0 Å². The lowest BCUT2D eigenvalue weighted by Gasteiger charge is -2.11. The van der Waals surface area contributed by atoms with Crippen molar-refractivity contribution in [2.75, 3.05) is 7.11 Å². The molecule has 10 heteroatoms. The molecule has 0 amide bonds. The first-order valence-electron chi connectivity index (χ1n) is 8.21. The number of thiophene rings is 1. The minimum atomic E-state index is -0.529. The fraction of sp³-hybridized carbons (Fsp3) is 0.167. The zero-order valence-corrected chi connectivity index (χ0v) is 16.3. The van der Waals surface area contributed by atoms with Crippen LogP contribution in [0.3, 0.4) is 0 Å². The van der Waals surface area contributed by atoms with Crippen LogP contribution in [0.4, 0.5) is 0 Å². The van der Waals surface area contributed by atoms with Gasteiger partial charge in [0.05, 0.1) is 28.6 Å². The van der Waals surface area contributed by atoms with Crippen molar-refractivity contribution in [1.82, 2.24) is 19.7 Å². The maximum Gasteiger partial charge on any atom is 0.325 e. The predicted octanol–water partition coefficient (Wildman–Crippen LogP) is 2.97. The van der Waals surface area contributed by atoms with Crippen LogP contribution in [0, 0.1) is 0 Å². The summed E-state index contributed by atoms with van der Waals surface area (Å²) in [6.07, 6.45) is 0. The van der Waals surface area contributed by atoms with Gasteiger partial charge in [-0.1, -0.05) is 35.1 Å². The summed E-state index contributed by atoms with van der Waals surface area (Å²) in [6.45, 7) is -0.222. The quantitative estimate of drug-likeness (QED) is 0.270. The molecule has 142 valence electrons. The Bertz CT molecular complexity index is 1180. The summed E-state index contributed by atoms with van der Waals surface area (Å²) in [7, 11) is 1.28. The van der Waals surface area contributed by atoms with Gasteiger partial charge < -0.3 is 9.26 Å². The van der Waals surface area contributed by atoms with Crippen molar-refractivity contribution in [2.24, 2.45) is 0 Å². The maximum atomic E-state index is 12.8. The third-order valence-electron chi connectivity index (χ3n) is 3.88. The molecule has 0 saturated carbocycles. The molecule has 8 nitrogen and oxygen atoms in total. The molecule has 0 aliphatic carbocycles.